The highest BCUT2D eigenvalue weighted by atomic mass is 19.4. The molecular formula is C15H19F5N2O2. The molecule has 1 aliphatic heterocycles. The molecule has 1 heterocycles. The minimum Gasteiger partial charge on any atom is -0.496 e. The molecule has 136 valence electrons. The second-order valence-corrected chi connectivity index (χ2v) is 5.56. The van der Waals surface area contributed by atoms with Gasteiger partial charge in [-0.05, 0) is 12.1 Å². The van der Waals surface area contributed by atoms with E-state index in [2.05, 4.69) is 5.32 Å². The molecule has 1 saturated heterocycles. The Labute approximate surface area is 136 Å². The zero-order valence-electron chi connectivity index (χ0n) is 13.0. The molecule has 4 nitrogen and oxygen atoms in total. The first-order valence-corrected chi connectivity index (χ1v) is 7.39. The lowest BCUT2D eigenvalue weighted by Gasteiger charge is -2.39. The molecule has 0 aromatic heterocycles. The predicted octanol–water partition coefficient (Wildman–Crippen LogP) is 2.29. The molecule has 1 aromatic carbocycles. The highest BCUT2D eigenvalue weighted by Gasteiger charge is 2.45. The van der Waals surface area contributed by atoms with Gasteiger partial charge in [-0.1, -0.05) is 6.07 Å². The molecule has 2 rings (SSSR count). The van der Waals surface area contributed by atoms with E-state index in [1.54, 1.807) is 0 Å². The summed E-state index contributed by atoms with van der Waals surface area (Å²) in [5, 5.41) is 12.1. The van der Waals surface area contributed by atoms with Gasteiger partial charge in [0, 0.05) is 31.7 Å². The second kappa shape index (κ2) is 7.20. The lowest BCUT2D eigenvalue weighted by atomic mass is 9.96. The van der Waals surface area contributed by atoms with Crippen LogP contribution in [0.1, 0.15) is 17.2 Å². The van der Waals surface area contributed by atoms with Crippen molar-refractivity contribution < 1.29 is 31.8 Å². The van der Waals surface area contributed by atoms with Crippen LogP contribution < -0.4 is 10.1 Å². The van der Waals surface area contributed by atoms with Gasteiger partial charge in [0.2, 0.25) is 0 Å². The summed E-state index contributed by atoms with van der Waals surface area (Å²) in [4.78, 5) is 1.44. The Bertz CT molecular complexity index is 559. The van der Waals surface area contributed by atoms with Crippen LogP contribution in [0.15, 0.2) is 18.2 Å². The number of benzene rings is 1. The molecule has 0 bridgehead atoms. The minimum atomic E-state index is -4.60. The van der Waals surface area contributed by atoms with Crippen molar-refractivity contribution in [2.45, 2.75) is 18.1 Å². The number of aliphatic hydroxyl groups excluding tert-OH is 1. The number of nitrogens with one attached hydrogen (secondary N) is 1. The molecule has 2 N–H and O–H groups in total. The fourth-order valence-electron chi connectivity index (χ4n) is 2.83. The molecule has 0 unspecified atom stereocenters. The van der Waals surface area contributed by atoms with Crippen LogP contribution in [0.5, 0.6) is 5.75 Å². The number of methoxy groups -OCH3 is 1. The Hall–Kier alpha value is -1.45. The summed E-state index contributed by atoms with van der Waals surface area (Å²) in [6.07, 6.45) is -4.60. The highest BCUT2D eigenvalue weighted by molar-refractivity contribution is 5.41. The maximum Gasteiger partial charge on any atom is 0.416 e. The van der Waals surface area contributed by atoms with E-state index in [-0.39, 0.29) is 24.4 Å². The van der Waals surface area contributed by atoms with Crippen molar-refractivity contribution in [1.29, 1.82) is 0 Å². The molecule has 1 atom stereocenters. The fraction of sp³-hybridized carbons (Fsp3) is 0.600. The molecule has 0 radical (unpaired) electrons. The number of aliphatic hydroxyl groups is 1. The van der Waals surface area contributed by atoms with Crippen LogP contribution in [0.2, 0.25) is 0 Å². The van der Waals surface area contributed by atoms with Crippen LogP contribution in [-0.4, -0.2) is 55.8 Å². The standard InChI is InChI=1S/C15H19F5N2O2/c1-24-12-8-10(15(18,19)20)2-3-11(12)13(14(16,17)9-23)22-6-4-21-5-7-22/h2-3,8,13,21,23H,4-7,9H2,1H3/t13-/m0/s1. The topological polar surface area (TPSA) is 44.7 Å². The van der Waals surface area contributed by atoms with E-state index in [0.29, 0.717) is 19.2 Å². The van der Waals surface area contributed by atoms with E-state index >= 15 is 0 Å². The number of nitrogens with zero attached hydrogens (tertiary/aromatic N) is 1. The van der Waals surface area contributed by atoms with E-state index in [1.807, 2.05) is 0 Å². The van der Waals surface area contributed by atoms with Gasteiger partial charge in [-0.3, -0.25) is 4.90 Å². The second-order valence-electron chi connectivity index (χ2n) is 5.56. The van der Waals surface area contributed by atoms with Crippen molar-refractivity contribution in [3.05, 3.63) is 29.3 Å². The molecule has 24 heavy (non-hydrogen) atoms. The average molecular weight is 354 g/mol. The fourth-order valence-corrected chi connectivity index (χ4v) is 2.83. The summed E-state index contributed by atoms with van der Waals surface area (Å²) in [5.41, 5.74) is -1.05. The molecule has 0 saturated carbocycles. The number of piperazine rings is 1. The molecule has 0 spiro atoms. The van der Waals surface area contributed by atoms with Crippen LogP contribution >= 0.6 is 0 Å². The maximum atomic E-state index is 14.3. The normalized spacial score (nSPS) is 18.5. The van der Waals surface area contributed by atoms with Crippen molar-refractivity contribution in [3.8, 4) is 5.75 Å². The van der Waals surface area contributed by atoms with Gasteiger partial charge in [-0.2, -0.15) is 13.2 Å². The van der Waals surface area contributed by atoms with E-state index in [0.717, 1.165) is 19.2 Å². The maximum absolute atomic E-state index is 14.3. The third-order valence-electron chi connectivity index (χ3n) is 3.98. The minimum absolute atomic E-state index is 0.0774. The summed E-state index contributed by atoms with van der Waals surface area (Å²) in [7, 11) is 1.13. The van der Waals surface area contributed by atoms with Gasteiger partial charge < -0.3 is 15.2 Å². The Morgan fingerprint density at radius 2 is 1.83 bits per heavy atom. The lowest BCUT2D eigenvalue weighted by molar-refractivity contribution is -0.137. The van der Waals surface area contributed by atoms with Gasteiger partial charge in [0.05, 0.1) is 12.7 Å². The number of hydrogen-bond donors (Lipinski definition) is 2. The van der Waals surface area contributed by atoms with Crippen molar-refractivity contribution in [3.63, 3.8) is 0 Å². The van der Waals surface area contributed by atoms with Crippen LogP contribution in [-0.2, 0) is 6.18 Å². The van der Waals surface area contributed by atoms with Crippen molar-refractivity contribution in [1.82, 2.24) is 10.2 Å². The zero-order chi connectivity index (χ0) is 18.0. The molecule has 1 fully saturated rings. The smallest absolute Gasteiger partial charge is 0.416 e. The molecule has 0 amide bonds. The number of ether oxygens (including phenoxy) is 1. The Morgan fingerprint density at radius 3 is 2.33 bits per heavy atom. The van der Waals surface area contributed by atoms with E-state index in [9.17, 15) is 22.0 Å². The highest BCUT2D eigenvalue weighted by Crippen LogP contribution is 2.42. The van der Waals surface area contributed by atoms with Crippen LogP contribution in [0.3, 0.4) is 0 Å². The van der Waals surface area contributed by atoms with Crippen LogP contribution in [0.4, 0.5) is 22.0 Å². The average Bonchev–Trinajstić information content (AvgIpc) is 2.55. The summed E-state index contributed by atoms with van der Waals surface area (Å²) < 4.78 is 72.1. The first kappa shape index (κ1) is 18.9. The first-order valence-electron chi connectivity index (χ1n) is 7.39. The predicted molar refractivity (Wildman–Crippen MR) is 77.2 cm³/mol. The molecule has 9 heteroatoms. The third kappa shape index (κ3) is 3.96. The van der Waals surface area contributed by atoms with E-state index in [4.69, 9.17) is 9.84 Å². The van der Waals surface area contributed by atoms with Crippen molar-refractivity contribution in [2.75, 3.05) is 39.9 Å². The number of hydrogen-bond acceptors (Lipinski definition) is 4. The van der Waals surface area contributed by atoms with Gasteiger partial charge >= 0.3 is 6.18 Å². The largest absolute Gasteiger partial charge is 0.496 e. The van der Waals surface area contributed by atoms with Crippen LogP contribution in [0.25, 0.3) is 0 Å². The first-order chi connectivity index (χ1) is 11.2. The number of halogens is 5. The Balaban J connectivity index is 2.49. The lowest BCUT2D eigenvalue weighted by Crippen LogP contribution is -2.51. The van der Waals surface area contributed by atoms with Gasteiger partial charge in [0.25, 0.3) is 5.92 Å². The summed E-state index contributed by atoms with van der Waals surface area (Å²) >= 11 is 0. The van der Waals surface area contributed by atoms with Gasteiger partial charge in [-0.25, -0.2) is 8.78 Å². The Kier molecular flexibility index (Phi) is 5.67. The zero-order valence-corrected chi connectivity index (χ0v) is 13.0. The number of alkyl halides is 5. The van der Waals surface area contributed by atoms with Gasteiger partial charge in [-0.15, -0.1) is 0 Å². The third-order valence-corrected chi connectivity index (χ3v) is 3.98. The SMILES string of the molecule is COc1cc(C(F)(F)F)ccc1[C@H](N1CCNCC1)C(F)(F)CO. The van der Waals surface area contributed by atoms with Crippen molar-refractivity contribution >= 4 is 0 Å². The van der Waals surface area contributed by atoms with Crippen LogP contribution in [0, 0.1) is 0 Å². The monoisotopic (exact) mass is 354 g/mol. The van der Waals surface area contributed by atoms with E-state index in [1.165, 1.54) is 4.90 Å². The summed E-state index contributed by atoms with van der Waals surface area (Å²) in [6, 6.07) is 0.887. The Morgan fingerprint density at radius 1 is 1.21 bits per heavy atom. The number of rotatable bonds is 5. The molecule has 0 aliphatic carbocycles. The summed E-state index contributed by atoms with van der Waals surface area (Å²) in [6.45, 7) is 0.0998. The molecule has 1 aromatic rings. The summed E-state index contributed by atoms with van der Waals surface area (Å²) in [5.74, 6) is -3.80. The quantitative estimate of drug-likeness (QED) is 0.797. The molecule has 1 aliphatic rings. The molecular weight excluding hydrogens is 335 g/mol. The van der Waals surface area contributed by atoms with E-state index < -0.39 is 30.3 Å². The van der Waals surface area contributed by atoms with Crippen molar-refractivity contribution in [2.24, 2.45) is 0 Å². The van der Waals surface area contributed by atoms with Gasteiger partial charge in [0.1, 0.15) is 18.4 Å². The van der Waals surface area contributed by atoms with Gasteiger partial charge in [0.15, 0.2) is 0 Å².